The lowest BCUT2D eigenvalue weighted by atomic mass is 10.2. The maximum absolute atomic E-state index is 14.3. The van der Waals surface area contributed by atoms with Crippen molar-refractivity contribution in [2.75, 3.05) is 10.6 Å². The quantitative estimate of drug-likeness (QED) is 0.268. The summed E-state index contributed by atoms with van der Waals surface area (Å²) in [7, 11) is -4.58. The van der Waals surface area contributed by atoms with Gasteiger partial charge in [0, 0.05) is 5.69 Å². The van der Waals surface area contributed by atoms with Crippen LogP contribution in [0, 0.1) is 11.0 Å². The number of rotatable bonds is 6. The molecule has 0 aliphatic carbocycles. The topological polar surface area (TPSA) is 158 Å². The van der Waals surface area contributed by atoms with E-state index in [-0.39, 0.29) is 36.5 Å². The van der Waals surface area contributed by atoms with Crippen molar-refractivity contribution in [3.05, 3.63) is 97.5 Å². The second-order valence-electron chi connectivity index (χ2n) is 7.15. The maximum Gasteiger partial charge on any atom is 0.435 e. The number of amides is 2. The van der Waals surface area contributed by atoms with Crippen LogP contribution in [-0.4, -0.2) is 24.0 Å². The summed E-state index contributed by atoms with van der Waals surface area (Å²) in [4.78, 5) is 40.2. The number of aromatic amines is 1. The third-order valence-electron chi connectivity index (χ3n) is 4.87. The van der Waals surface area contributed by atoms with Gasteiger partial charge in [-0.1, -0.05) is 18.2 Å². The number of H-pyrrole nitrogens is 1. The average molecular weight is 552 g/mol. The standard InChI is InChI=1S/C21H15ClFN5O6S2/c1-2-24-16-10-15-13(9-14(16)23)19(29)27(20(30)26-15)12-5-3-11(4-6-12)25-21(31)28(32)36(33,34)18-8-7-17(22)35-18/h2-10,24,28H,1H2,(H,25,31)(H,26,30). The molecule has 0 bridgehead atoms. The molecule has 1 unspecified atom stereocenters. The Hall–Kier alpha value is -3.82. The third-order valence-corrected chi connectivity index (χ3v) is 8.14. The molecule has 4 rings (SSSR count). The number of hydrogen-bond donors (Lipinski definition) is 4. The molecule has 0 spiro atoms. The molecular formula is C21H15ClFN5O6S2. The average Bonchev–Trinajstić information content (AvgIpc) is 3.28. The Morgan fingerprint density at radius 2 is 1.89 bits per heavy atom. The second kappa shape index (κ2) is 9.67. The van der Waals surface area contributed by atoms with Crippen molar-refractivity contribution in [3.63, 3.8) is 0 Å². The fourth-order valence-electron chi connectivity index (χ4n) is 3.22. The number of halogens is 2. The number of carbonyl (C=O) groups excluding carboxylic acids is 1. The highest BCUT2D eigenvalue weighted by Gasteiger charge is 2.30. The SMILES string of the molecule is C=CNc1cc2[nH]c(=O)n(-c3ccc(NC(=O)[NH+]([O-])S(=O)(=O)c4ccc(Cl)s4)cc3)c(=O)c2cc1F. The van der Waals surface area contributed by atoms with E-state index in [1.54, 1.807) is 0 Å². The molecule has 2 aromatic carbocycles. The largest absolute Gasteiger partial charge is 0.609 e. The summed E-state index contributed by atoms with van der Waals surface area (Å²) in [6.07, 6.45) is 1.24. The molecule has 36 heavy (non-hydrogen) atoms. The lowest BCUT2D eigenvalue weighted by Gasteiger charge is -2.18. The molecule has 2 heterocycles. The summed E-state index contributed by atoms with van der Waals surface area (Å²) in [5.41, 5.74) is -1.40. The summed E-state index contributed by atoms with van der Waals surface area (Å²) in [5, 5.41) is 16.8. The Bertz CT molecular complexity index is 1730. The highest BCUT2D eigenvalue weighted by molar-refractivity contribution is 7.87. The predicted molar refractivity (Wildman–Crippen MR) is 134 cm³/mol. The molecular weight excluding hydrogens is 537 g/mol. The van der Waals surface area contributed by atoms with Crippen molar-refractivity contribution in [2.24, 2.45) is 0 Å². The Balaban J connectivity index is 1.61. The van der Waals surface area contributed by atoms with Gasteiger partial charge in [0.1, 0.15) is 5.82 Å². The van der Waals surface area contributed by atoms with Crippen LogP contribution in [-0.2, 0) is 10.0 Å². The van der Waals surface area contributed by atoms with Crippen molar-refractivity contribution >= 4 is 61.3 Å². The zero-order chi connectivity index (χ0) is 26.2. The van der Waals surface area contributed by atoms with Gasteiger partial charge in [-0.05, 0) is 54.7 Å². The molecule has 11 nitrogen and oxygen atoms in total. The molecule has 0 saturated carbocycles. The summed E-state index contributed by atoms with van der Waals surface area (Å²) in [6.45, 7) is 3.43. The molecule has 0 saturated heterocycles. The number of carbonyl (C=O) groups is 1. The number of aromatic nitrogens is 2. The monoisotopic (exact) mass is 551 g/mol. The molecule has 0 fully saturated rings. The smallest absolute Gasteiger partial charge is 0.435 e. The molecule has 186 valence electrons. The van der Waals surface area contributed by atoms with Crippen LogP contribution in [0.2, 0.25) is 4.34 Å². The number of nitrogens with zero attached hydrogens (tertiary/aromatic N) is 1. The van der Waals surface area contributed by atoms with Crippen molar-refractivity contribution < 1.29 is 22.1 Å². The number of hydrogen-bond acceptors (Lipinski definition) is 8. The second-order valence-corrected chi connectivity index (χ2v) is 10.9. The minimum absolute atomic E-state index is 0.0177. The molecule has 4 aromatic rings. The van der Waals surface area contributed by atoms with E-state index in [9.17, 15) is 32.4 Å². The van der Waals surface area contributed by atoms with Crippen LogP contribution < -0.4 is 26.4 Å². The number of hydroxylamine groups is 1. The lowest BCUT2D eigenvalue weighted by Crippen LogP contribution is -3.12. The van der Waals surface area contributed by atoms with Gasteiger partial charge in [-0.3, -0.25) is 10.1 Å². The molecule has 2 aromatic heterocycles. The number of urea groups is 1. The minimum Gasteiger partial charge on any atom is -0.609 e. The van der Waals surface area contributed by atoms with Gasteiger partial charge < -0.3 is 15.5 Å². The fraction of sp³-hybridized carbons (Fsp3) is 0. The van der Waals surface area contributed by atoms with E-state index in [1.807, 2.05) is 0 Å². The number of thiophene rings is 1. The normalized spacial score (nSPS) is 12.3. The van der Waals surface area contributed by atoms with E-state index >= 15 is 0 Å². The first-order chi connectivity index (χ1) is 17.0. The fourth-order valence-corrected chi connectivity index (χ4v) is 5.80. The van der Waals surface area contributed by atoms with Gasteiger partial charge in [0.05, 0.1) is 26.6 Å². The van der Waals surface area contributed by atoms with Gasteiger partial charge in [-0.15, -0.1) is 11.3 Å². The number of anilines is 2. The number of fused-ring (bicyclic) bond motifs is 1. The van der Waals surface area contributed by atoms with E-state index in [4.69, 9.17) is 11.6 Å². The van der Waals surface area contributed by atoms with Crippen LogP contribution in [0.3, 0.4) is 0 Å². The first-order valence-electron chi connectivity index (χ1n) is 9.85. The van der Waals surface area contributed by atoms with Gasteiger partial charge in [0.25, 0.3) is 5.56 Å². The Morgan fingerprint density at radius 3 is 2.50 bits per heavy atom. The van der Waals surface area contributed by atoms with Gasteiger partial charge in [0.2, 0.25) is 0 Å². The first-order valence-corrected chi connectivity index (χ1v) is 12.5. The Kier molecular flexibility index (Phi) is 6.79. The van der Waals surface area contributed by atoms with Gasteiger partial charge >= 0.3 is 21.7 Å². The molecule has 0 aliphatic heterocycles. The van der Waals surface area contributed by atoms with Crippen LogP contribution in [0.1, 0.15) is 0 Å². The highest BCUT2D eigenvalue weighted by atomic mass is 35.5. The molecule has 0 aliphatic rings. The molecule has 0 radical (unpaired) electrons. The van der Waals surface area contributed by atoms with Crippen molar-refractivity contribution in [1.29, 1.82) is 0 Å². The maximum atomic E-state index is 14.3. The van der Waals surface area contributed by atoms with E-state index in [2.05, 4.69) is 22.2 Å². The van der Waals surface area contributed by atoms with E-state index in [0.717, 1.165) is 16.7 Å². The lowest BCUT2D eigenvalue weighted by molar-refractivity contribution is -0.604. The molecule has 15 heteroatoms. The summed E-state index contributed by atoms with van der Waals surface area (Å²) in [5.74, 6) is -0.736. The van der Waals surface area contributed by atoms with Gasteiger partial charge in [-0.25, -0.2) is 18.5 Å². The zero-order valence-electron chi connectivity index (χ0n) is 17.9. The Labute approximate surface area is 210 Å². The van der Waals surface area contributed by atoms with Gasteiger partial charge in [0.15, 0.2) is 4.21 Å². The molecule has 4 N–H and O–H groups in total. The first kappa shape index (κ1) is 25.3. The molecule has 1 atom stereocenters. The minimum atomic E-state index is -4.58. The van der Waals surface area contributed by atoms with Crippen molar-refractivity contribution in [1.82, 2.24) is 9.55 Å². The van der Waals surface area contributed by atoms with E-state index in [0.29, 0.717) is 11.3 Å². The van der Waals surface area contributed by atoms with Crippen molar-refractivity contribution in [3.8, 4) is 5.69 Å². The summed E-state index contributed by atoms with van der Waals surface area (Å²) in [6, 6.07) is 8.28. The molecule has 2 amide bonds. The third kappa shape index (κ3) is 4.67. The van der Waals surface area contributed by atoms with Crippen LogP contribution in [0.25, 0.3) is 16.6 Å². The Morgan fingerprint density at radius 1 is 1.19 bits per heavy atom. The van der Waals surface area contributed by atoms with Crippen molar-refractivity contribution in [2.45, 2.75) is 4.21 Å². The van der Waals surface area contributed by atoms with E-state index in [1.165, 1.54) is 42.6 Å². The van der Waals surface area contributed by atoms with Crippen LogP contribution in [0.4, 0.5) is 20.6 Å². The van der Waals surface area contributed by atoms with Crippen LogP contribution in [0.15, 0.2) is 75.1 Å². The highest BCUT2D eigenvalue weighted by Crippen LogP contribution is 2.24. The number of benzene rings is 2. The summed E-state index contributed by atoms with van der Waals surface area (Å²) < 4.78 is 37.7. The zero-order valence-corrected chi connectivity index (χ0v) is 20.3. The van der Waals surface area contributed by atoms with E-state index < -0.39 is 37.6 Å². The number of quaternary nitrogens is 1. The number of sulfonamides is 1. The van der Waals surface area contributed by atoms with Gasteiger partial charge in [-0.2, -0.15) is 12.9 Å². The predicted octanol–water partition coefficient (Wildman–Crippen LogP) is 2.39. The number of nitrogens with one attached hydrogen (secondary N) is 4. The van der Waals surface area contributed by atoms with Crippen LogP contribution in [0.5, 0.6) is 0 Å². The van der Waals surface area contributed by atoms with Crippen LogP contribution >= 0.6 is 22.9 Å². The summed E-state index contributed by atoms with van der Waals surface area (Å²) >= 11 is 6.33.